The smallest absolute Gasteiger partial charge is 0.412 e. The Labute approximate surface area is 127 Å². The Balaban J connectivity index is 1.97. The fraction of sp³-hybridized carbons (Fsp3) is 0.125. The summed E-state index contributed by atoms with van der Waals surface area (Å²) < 4.78 is 5.03. The van der Waals surface area contributed by atoms with Crippen molar-refractivity contribution < 1.29 is 24.5 Å². The average Bonchev–Trinajstić information content (AvgIpc) is 2.49. The number of nitrogens with one attached hydrogen (secondary N) is 1. The van der Waals surface area contributed by atoms with Gasteiger partial charge in [-0.25, -0.2) is 4.79 Å². The lowest BCUT2D eigenvalue weighted by molar-refractivity contribution is -0.136. The molecule has 0 fully saturated rings. The topological polar surface area (TPSA) is 95.9 Å². The third-order valence-electron chi connectivity index (χ3n) is 2.87. The Morgan fingerprint density at radius 3 is 2.45 bits per heavy atom. The highest BCUT2D eigenvalue weighted by Gasteiger charge is 2.10. The maximum atomic E-state index is 11.7. The molecule has 0 saturated carbocycles. The second-order valence-corrected chi connectivity index (χ2v) is 4.61. The Kier molecular flexibility index (Phi) is 4.98. The quantitative estimate of drug-likeness (QED) is 0.738. The zero-order valence-electron chi connectivity index (χ0n) is 11.7. The number of aromatic hydroxyl groups is 1. The van der Waals surface area contributed by atoms with Crippen LogP contribution in [0, 0.1) is 0 Å². The van der Waals surface area contributed by atoms with E-state index in [2.05, 4.69) is 5.32 Å². The van der Waals surface area contributed by atoms with Gasteiger partial charge in [0.2, 0.25) is 0 Å². The van der Waals surface area contributed by atoms with E-state index in [1.807, 2.05) is 30.3 Å². The Morgan fingerprint density at radius 1 is 1.05 bits per heavy atom. The predicted molar refractivity (Wildman–Crippen MR) is 79.7 cm³/mol. The van der Waals surface area contributed by atoms with Crippen molar-refractivity contribution in [1.29, 1.82) is 0 Å². The largest absolute Gasteiger partial charge is 0.506 e. The number of rotatable bonds is 5. The molecule has 6 nitrogen and oxygen atoms in total. The summed E-state index contributed by atoms with van der Waals surface area (Å²) in [5.41, 5.74) is 1.40. The molecule has 0 bridgehead atoms. The summed E-state index contributed by atoms with van der Waals surface area (Å²) in [6.45, 7) is 0.0995. The van der Waals surface area contributed by atoms with Crippen LogP contribution in [0.15, 0.2) is 48.5 Å². The fourth-order valence-electron chi connectivity index (χ4n) is 1.84. The minimum absolute atomic E-state index is 0.0995. The van der Waals surface area contributed by atoms with Crippen LogP contribution in [0.1, 0.15) is 11.1 Å². The number of carboxylic acid groups (broad SMARTS) is 1. The predicted octanol–water partition coefficient (Wildman–Crippen LogP) is 2.77. The number of anilines is 1. The number of benzene rings is 2. The number of aliphatic carboxylic acids is 1. The molecule has 2 rings (SSSR count). The monoisotopic (exact) mass is 301 g/mol. The average molecular weight is 301 g/mol. The Hall–Kier alpha value is -3.02. The van der Waals surface area contributed by atoms with E-state index in [0.717, 1.165) is 5.56 Å². The second kappa shape index (κ2) is 7.12. The standard InChI is InChI=1S/C16H15NO5/c18-14-7-6-12(9-15(19)20)8-13(14)17-16(21)22-10-11-4-2-1-3-5-11/h1-8,18H,9-10H2,(H,17,21)(H,19,20). The third kappa shape index (κ3) is 4.52. The zero-order valence-corrected chi connectivity index (χ0v) is 11.7. The van der Waals surface area contributed by atoms with Crippen molar-refractivity contribution >= 4 is 17.7 Å². The van der Waals surface area contributed by atoms with Crippen LogP contribution in [0.2, 0.25) is 0 Å². The molecular weight excluding hydrogens is 286 g/mol. The molecule has 2 aromatic rings. The van der Waals surface area contributed by atoms with Gasteiger partial charge in [0.25, 0.3) is 0 Å². The van der Waals surface area contributed by atoms with Crippen LogP contribution >= 0.6 is 0 Å². The summed E-state index contributed by atoms with van der Waals surface area (Å²) in [5, 5.41) is 20.8. The number of phenolic OH excluding ortho intramolecular Hbond substituents is 1. The van der Waals surface area contributed by atoms with Crippen molar-refractivity contribution in [3.05, 3.63) is 59.7 Å². The molecule has 0 aliphatic heterocycles. The van der Waals surface area contributed by atoms with E-state index in [1.54, 1.807) is 0 Å². The zero-order chi connectivity index (χ0) is 15.9. The first-order valence-corrected chi connectivity index (χ1v) is 6.56. The molecule has 114 valence electrons. The SMILES string of the molecule is O=C(O)Cc1ccc(O)c(NC(=O)OCc2ccccc2)c1. The van der Waals surface area contributed by atoms with E-state index < -0.39 is 12.1 Å². The molecule has 2 aromatic carbocycles. The fourth-order valence-corrected chi connectivity index (χ4v) is 1.84. The van der Waals surface area contributed by atoms with Crippen LogP contribution in [0.5, 0.6) is 5.75 Å². The minimum atomic E-state index is -0.997. The van der Waals surface area contributed by atoms with Gasteiger partial charge in [-0.1, -0.05) is 36.4 Å². The van der Waals surface area contributed by atoms with E-state index in [9.17, 15) is 14.7 Å². The first kappa shape index (κ1) is 15.4. The van der Waals surface area contributed by atoms with Crippen molar-refractivity contribution in [3.8, 4) is 5.75 Å². The van der Waals surface area contributed by atoms with Crippen LogP contribution < -0.4 is 5.32 Å². The summed E-state index contributed by atoms with van der Waals surface area (Å²) in [6, 6.07) is 13.4. The van der Waals surface area contributed by atoms with Crippen molar-refractivity contribution in [1.82, 2.24) is 0 Å². The molecular formula is C16H15NO5. The van der Waals surface area contributed by atoms with E-state index >= 15 is 0 Å². The van der Waals surface area contributed by atoms with Gasteiger partial charge in [-0.3, -0.25) is 10.1 Å². The van der Waals surface area contributed by atoms with E-state index in [4.69, 9.17) is 9.84 Å². The maximum Gasteiger partial charge on any atom is 0.412 e. The minimum Gasteiger partial charge on any atom is -0.506 e. The molecule has 0 aliphatic carbocycles. The molecule has 0 spiro atoms. The third-order valence-corrected chi connectivity index (χ3v) is 2.87. The highest BCUT2D eigenvalue weighted by Crippen LogP contribution is 2.24. The van der Waals surface area contributed by atoms with Gasteiger partial charge in [0, 0.05) is 0 Å². The maximum absolute atomic E-state index is 11.7. The van der Waals surface area contributed by atoms with Gasteiger partial charge in [-0.15, -0.1) is 0 Å². The molecule has 0 atom stereocenters. The van der Waals surface area contributed by atoms with Crippen LogP contribution in [-0.4, -0.2) is 22.3 Å². The molecule has 3 N–H and O–H groups in total. The number of carboxylic acids is 1. The van der Waals surface area contributed by atoms with Crippen LogP contribution in [0.25, 0.3) is 0 Å². The number of amides is 1. The van der Waals surface area contributed by atoms with Crippen molar-refractivity contribution in [2.24, 2.45) is 0 Å². The van der Waals surface area contributed by atoms with E-state index in [-0.39, 0.29) is 24.5 Å². The first-order valence-electron chi connectivity index (χ1n) is 6.56. The van der Waals surface area contributed by atoms with Crippen LogP contribution in [0.4, 0.5) is 10.5 Å². The van der Waals surface area contributed by atoms with Gasteiger partial charge in [0.05, 0.1) is 12.1 Å². The highest BCUT2D eigenvalue weighted by atomic mass is 16.5. The van der Waals surface area contributed by atoms with Crippen molar-refractivity contribution in [2.75, 3.05) is 5.32 Å². The van der Waals surface area contributed by atoms with E-state index in [0.29, 0.717) is 5.56 Å². The van der Waals surface area contributed by atoms with Gasteiger partial charge in [0.1, 0.15) is 12.4 Å². The Morgan fingerprint density at radius 2 is 1.77 bits per heavy atom. The normalized spacial score (nSPS) is 10.0. The van der Waals surface area contributed by atoms with Crippen molar-refractivity contribution in [3.63, 3.8) is 0 Å². The molecule has 0 aliphatic rings. The van der Waals surface area contributed by atoms with Gasteiger partial charge < -0.3 is 14.9 Å². The molecule has 0 unspecified atom stereocenters. The molecule has 0 heterocycles. The number of hydrogen-bond donors (Lipinski definition) is 3. The summed E-state index contributed by atoms with van der Waals surface area (Å²) in [7, 11) is 0. The molecule has 1 amide bonds. The molecule has 0 saturated heterocycles. The van der Waals surface area contributed by atoms with E-state index in [1.165, 1.54) is 18.2 Å². The molecule has 0 aromatic heterocycles. The molecule has 22 heavy (non-hydrogen) atoms. The number of hydrogen-bond acceptors (Lipinski definition) is 4. The lowest BCUT2D eigenvalue weighted by Crippen LogP contribution is -2.14. The van der Waals surface area contributed by atoms with Crippen LogP contribution in [0.3, 0.4) is 0 Å². The molecule has 6 heteroatoms. The van der Waals surface area contributed by atoms with Gasteiger partial charge in [-0.2, -0.15) is 0 Å². The number of ether oxygens (including phenoxy) is 1. The van der Waals surface area contributed by atoms with Gasteiger partial charge >= 0.3 is 12.1 Å². The summed E-state index contributed by atoms with van der Waals surface area (Å²) in [4.78, 5) is 22.4. The Bertz CT molecular complexity index is 669. The summed E-state index contributed by atoms with van der Waals surface area (Å²) in [5.74, 6) is -1.16. The van der Waals surface area contributed by atoms with Crippen LogP contribution in [-0.2, 0) is 22.6 Å². The summed E-state index contributed by atoms with van der Waals surface area (Å²) >= 11 is 0. The van der Waals surface area contributed by atoms with Gasteiger partial charge in [0.15, 0.2) is 0 Å². The van der Waals surface area contributed by atoms with Gasteiger partial charge in [-0.05, 0) is 23.3 Å². The lowest BCUT2D eigenvalue weighted by Gasteiger charge is -2.09. The second-order valence-electron chi connectivity index (χ2n) is 4.61. The number of phenols is 1. The lowest BCUT2D eigenvalue weighted by atomic mass is 10.1. The first-order chi connectivity index (χ1) is 10.5. The molecule has 0 radical (unpaired) electrons. The number of carbonyl (C=O) groups excluding carboxylic acids is 1. The van der Waals surface area contributed by atoms with Crippen molar-refractivity contribution in [2.45, 2.75) is 13.0 Å². The number of carbonyl (C=O) groups is 2. The summed E-state index contributed by atoms with van der Waals surface area (Å²) in [6.07, 6.45) is -0.930. The highest BCUT2D eigenvalue weighted by molar-refractivity contribution is 5.87.